The molecule has 5 nitrogen and oxygen atoms in total. The van der Waals surface area contributed by atoms with E-state index in [0.717, 1.165) is 37.5 Å². The van der Waals surface area contributed by atoms with E-state index in [1.807, 2.05) is 24.3 Å². The zero-order valence-electron chi connectivity index (χ0n) is 11.3. The molecule has 0 atom stereocenters. The molecule has 104 valence electrons. The Morgan fingerprint density at radius 3 is 2.84 bits per heavy atom. The molecule has 2 rings (SSSR count). The number of hydrogen-bond acceptors (Lipinski definition) is 4. The maximum absolute atomic E-state index is 11.9. The Bertz CT molecular complexity index is 417. The molecule has 1 fully saturated rings. The van der Waals surface area contributed by atoms with Crippen molar-refractivity contribution in [2.24, 2.45) is 0 Å². The van der Waals surface area contributed by atoms with Crippen molar-refractivity contribution in [3.05, 3.63) is 29.8 Å². The lowest BCUT2D eigenvalue weighted by Gasteiger charge is -2.26. The summed E-state index contributed by atoms with van der Waals surface area (Å²) in [5, 5.41) is 6.21. The molecule has 1 amide bonds. The smallest absolute Gasteiger partial charge is 0.234 e. The maximum atomic E-state index is 11.9. The van der Waals surface area contributed by atoms with Gasteiger partial charge in [0.15, 0.2) is 0 Å². The molecular weight excluding hydrogens is 242 g/mol. The number of piperazine rings is 1. The molecule has 1 aromatic rings. The zero-order chi connectivity index (χ0) is 13.5. The fraction of sp³-hybridized carbons (Fsp3) is 0.500. The van der Waals surface area contributed by atoms with Crippen molar-refractivity contribution in [3.63, 3.8) is 0 Å². The second-order valence-corrected chi connectivity index (χ2v) is 4.61. The van der Waals surface area contributed by atoms with E-state index in [0.29, 0.717) is 13.1 Å². The van der Waals surface area contributed by atoms with Crippen LogP contribution in [0.1, 0.15) is 5.56 Å². The molecule has 0 saturated carbocycles. The summed E-state index contributed by atoms with van der Waals surface area (Å²) in [5.74, 6) is 0.873. The van der Waals surface area contributed by atoms with Crippen molar-refractivity contribution < 1.29 is 9.53 Å². The van der Waals surface area contributed by atoms with E-state index in [1.54, 1.807) is 7.11 Å². The van der Waals surface area contributed by atoms with Crippen LogP contribution in [0.2, 0.25) is 0 Å². The Kier molecular flexibility index (Phi) is 5.18. The molecule has 2 N–H and O–H groups in total. The van der Waals surface area contributed by atoms with Gasteiger partial charge >= 0.3 is 0 Å². The number of nitrogens with one attached hydrogen (secondary N) is 2. The summed E-state index contributed by atoms with van der Waals surface area (Å²) >= 11 is 0. The van der Waals surface area contributed by atoms with Crippen LogP contribution in [-0.2, 0) is 11.3 Å². The second kappa shape index (κ2) is 7.11. The highest BCUT2D eigenvalue weighted by Crippen LogP contribution is 2.16. The second-order valence-electron chi connectivity index (χ2n) is 4.61. The maximum Gasteiger partial charge on any atom is 0.234 e. The van der Waals surface area contributed by atoms with Crippen LogP contribution in [0.4, 0.5) is 0 Å². The predicted molar refractivity (Wildman–Crippen MR) is 74.2 cm³/mol. The third kappa shape index (κ3) is 4.22. The summed E-state index contributed by atoms with van der Waals surface area (Å²) < 4.78 is 5.26. The first-order chi connectivity index (χ1) is 9.29. The first kappa shape index (κ1) is 13.8. The fourth-order valence-electron chi connectivity index (χ4n) is 2.17. The van der Waals surface area contributed by atoms with Crippen molar-refractivity contribution in [1.82, 2.24) is 15.5 Å². The van der Waals surface area contributed by atoms with Gasteiger partial charge in [-0.3, -0.25) is 9.69 Å². The van der Waals surface area contributed by atoms with Crippen molar-refractivity contribution in [2.75, 3.05) is 39.8 Å². The molecule has 0 radical (unpaired) electrons. The number of hydrogen-bond donors (Lipinski definition) is 2. The van der Waals surface area contributed by atoms with E-state index in [1.165, 1.54) is 0 Å². The molecule has 0 bridgehead atoms. The van der Waals surface area contributed by atoms with Gasteiger partial charge in [0, 0.05) is 38.3 Å². The fourth-order valence-corrected chi connectivity index (χ4v) is 2.17. The van der Waals surface area contributed by atoms with Crippen LogP contribution in [0.25, 0.3) is 0 Å². The number of benzene rings is 1. The molecule has 0 aromatic heterocycles. The monoisotopic (exact) mass is 263 g/mol. The Balaban J connectivity index is 1.79. The minimum Gasteiger partial charge on any atom is -0.496 e. The number of nitrogens with zero attached hydrogens (tertiary/aromatic N) is 1. The quantitative estimate of drug-likeness (QED) is 0.798. The van der Waals surface area contributed by atoms with Crippen molar-refractivity contribution >= 4 is 5.91 Å². The average Bonchev–Trinajstić information content (AvgIpc) is 2.46. The van der Waals surface area contributed by atoms with Crippen LogP contribution < -0.4 is 15.4 Å². The van der Waals surface area contributed by atoms with Crippen molar-refractivity contribution in [1.29, 1.82) is 0 Å². The van der Waals surface area contributed by atoms with Crippen LogP contribution in [0.5, 0.6) is 5.75 Å². The third-order valence-electron chi connectivity index (χ3n) is 3.25. The molecule has 1 aliphatic heterocycles. The van der Waals surface area contributed by atoms with E-state index in [-0.39, 0.29) is 5.91 Å². The van der Waals surface area contributed by atoms with Crippen LogP contribution in [0.15, 0.2) is 24.3 Å². The normalized spacial score (nSPS) is 16.1. The highest BCUT2D eigenvalue weighted by molar-refractivity contribution is 5.78. The molecular formula is C14H21N3O2. The molecule has 0 unspecified atom stereocenters. The minimum atomic E-state index is 0.0628. The molecule has 5 heteroatoms. The van der Waals surface area contributed by atoms with Gasteiger partial charge in [-0.15, -0.1) is 0 Å². The van der Waals surface area contributed by atoms with Gasteiger partial charge in [0.25, 0.3) is 0 Å². The molecule has 19 heavy (non-hydrogen) atoms. The van der Waals surface area contributed by atoms with Gasteiger partial charge in [-0.05, 0) is 6.07 Å². The summed E-state index contributed by atoms with van der Waals surface area (Å²) in [4.78, 5) is 14.0. The lowest BCUT2D eigenvalue weighted by atomic mass is 10.2. The lowest BCUT2D eigenvalue weighted by molar-refractivity contribution is -0.122. The van der Waals surface area contributed by atoms with E-state index in [2.05, 4.69) is 15.5 Å². The summed E-state index contributed by atoms with van der Waals surface area (Å²) in [6, 6.07) is 7.73. The summed E-state index contributed by atoms with van der Waals surface area (Å²) in [7, 11) is 1.64. The van der Waals surface area contributed by atoms with E-state index < -0.39 is 0 Å². The van der Waals surface area contributed by atoms with Gasteiger partial charge in [0.1, 0.15) is 5.75 Å². The Hall–Kier alpha value is -1.59. The first-order valence-corrected chi connectivity index (χ1v) is 6.61. The first-order valence-electron chi connectivity index (χ1n) is 6.61. The molecule has 1 aliphatic rings. The highest BCUT2D eigenvalue weighted by atomic mass is 16.5. The molecule has 1 aromatic carbocycles. The van der Waals surface area contributed by atoms with Crippen LogP contribution in [-0.4, -0.2) is 50.6 Å². The van der Waals surface area contributed by atoms with Crippen LogP contribution in [0.3, 0.4) is 0 Å². The van der Waals surface area contributed by atoms with E-state index >= 15 is 0 Å². The van der Waals surface area contributed by atoms with Crippen LogP contribution >= 0.6 is 0 Å². The Morgan fingerprint density at radius 1 is 1.37 bits per heavy atom. The van der Waals surface area contributed by atoms with Gasteiger partial charge in [-0.25, -0.2) is 0 Å². The molecule has 1 heterocycles. The number of para-hydroxylation sites is 1. The van der Waals surface area contributed by atoms with Crippen molar-refractivity contribution in [2.45, 2.75) is 6.54 Å². The topological polar surface area (TPSA) is 53.6 Å². The largest absolute Gasteiger partial charge is 0.496 e. The number of carbonyl (C=O) groups excluding carboxylic acids is 1. The van der Waals surface area contributed by atoms with Gasteiger partial charge in [-0.2, -0.15) is 0 Å². The van der Waals surface area contributed by atoms with Gasteiger partial charge in [-0.1, -0.05) is 18.2 Å². The number of amides is 1. The SMILES string of the molecule is COc1ccccc1CNC(=O)CN1CCNCC1. The van der Waals surface area contributed by atoms with Crippen LogP contribution in [0, 0.1) is 0 Å². The highest BCUT2D eigenvalue weighted by Gasteiger charge is 2.13. The number of rotatable bonds is 5. The van der Waals surface area contributed by atoms with E-state index in [4.69, 9.17) is 4.74 Å². The number of carbonyl (C=O) groups is 1. The van der Waals surface area contributed by atoms with E-state index in [9.17, 15) is 4.79 Å². The summed E-state index contributed by atoms with van der Waals surface area (Å²) in [6.45, 7) is 4.76. The van der Waals surface area contributed by atoms with Crippen molar-refractivity contribution in [3.8, 4) is 5.75 Å². The lowest BCUT2D eigenvalue weighted by Crippen LogP contribution is -2.47. The predicted octanol–water partition coefficient (Wildman–Crippen LogP) is 0.217. The third-order valence-corrected chi connectivity index (χ3v) is 3.25. The Morgan fingerprint density at radius 2 is 2.11 bits per heavy atom. The standard InChI is InChI=1S/C14H21N3O2/c1-19-13-5-3-2-4-12(13)10-16-14(18)11-17-8-6-15-7-9-17/h2-5,15H,6-11H2,1H3,(H,16,18). The number of ether oxygens (including phenoxy) is 1. The van der Waals surface area contributed by atoms with Gasteiger partial charge in [0.05, 0.1) is 13.7 Å². The van der Waals surface area contributed by atoms with Gasteiger partial charge < -0.3 is 15.4 Å². The molecule has 0 aliphatic carbocycles. The Labute approximate surface area is 113 Å². The molecule has 1 saturated heterocycles. The molecule has 0 spiro atoms. The van der Waals surface area contributed by atoms with Gasteiger partial charge in [0.2, 0.25) is 5.91 Å². The minimum absolute atomic E-state index is 0.0628. The number of methoxy groups -OCH3 is 1. The summed E-state index contributed by atoms with van der Waals surface area (Å²) in [5.41, 5.74) is 0.999. The zero-order valence-corrected chi connectivity index (χ0v) is 11.3. The average molecular weight is 263 g/mol. The summed E-state index contributed by atoms with van der Waals surface area (Å²) in [6.07, 6.45) is 0.